The molecule has 0 saturated heterocycles. The summed E-state index contributed by atoms with van der Waals surface area (Å²) < 4.78 is 11.4. The van der Waals surface area contributed by atoms with E-state index >= 15 is 0 Å². The van der Waals surface area contributed by atoms with Gasteiger partial charge in [0, 0.05) is 18.2 Å². The summed E-state index contributed by atoms with van der Waals surface area (Å²) in [5, 5.41) is 22.2. The molecule has 1 unspecified atom stereocenters. The van der Waals surface area contributed by atoms with Gasteiger partial charge in [0.1, 0.15) is 10.7 Å². The average molecular weight is 470 g/mol. The van der Waals surface area contributed by atoms with Crippen molar-refractivity contribution in [1.29, 1.82) is 0 Å². The van der Waals surface area contributed by atoms with Crippen molar-refractivity contribution in [3.63, 3.8) is 0 Å². The Kier molecular flexibility index (Phi) is 5.47. The minimum Gasteiger partial charge on any atom is -0.466 e. The molecule has 1 aliphatic heterocycles. The topological polar surface area (TPSA) is 160 Å². The van der Waals surface area contributed by atoms with Crippen molar-refractivity contribution in [2.45, 2.75) is 13.0 Å². The van der Waals surface area contributed by atoms with Crippen molar-refractivity contribution in [3.05, 3.63) is 98.9 Å². The number of nitro benzene ring substituents is 1. The number of thiazole rings is 1. The van der Waals surface area contributed by atoms with Crippen LogP contribution in [-0.2, 0) is 9.53 Å². The van der Waals surface area contributed by atoms with E-state index < -0.39 is 33.3 Å². The molecule has 0 radical (unpaired) electrons. The molecule has 2 aromatic heterocycles. The predicted molar refractivity (Wildman–Crippen MR) is 114 cm³/mol. The Bertz CT molecular complexity index is 1530. The van der Waals surface area contributed by atoms with Crippen molar-refractivity contribution in [3.8, 4) is 0 Å². The number of carbonyl (C=O) groups is 1. The van der Waals surface area contributed by atoms with Crippen LogP contribution in [0, 0.1) is 20.2 Å². The van der Waals surface area contributed by atoms with Gasteiger partial charge in [-0.2, -0.15) is 0 Å². The van der Waals surface area contributed by atoms with Gasteiger partial charge in [-0.25, -0.2) is 9.79 Å². The average Bonchev–Trinajstić information content (AvgIpc) is 3.37. The predicted octanol–water partition coefficient (Wildman–Crippen LogP) is 1.82. The molecule has 0 saturated carbocycles. The van der Waals surface area contributed by atoms with Gasteiger partial charge in [-0.15, -0.1) is 0 Å². The molecule has 1 aromatic carbocycles. The third-order valence-electron chi connectivity index (χ3n) is 4.89. The maximum absolute atomic E-state index is 13.3. The third kappa shape index (κ3) is 3.85. The molecule has 0 aliphatic carbocycles. The number of nitro groups is 2. The van der Waals surface area contributed by atoms with Crippen molar-refractivity contribution >= 4 is 35.0 Å². The molecule has 13 heteroatoms. The zero-order chi connectivity index (χ0) is 23.9. The Balaban J connectivity index is 1.96. The van der Waals surface area contributed by atoms with Gasteiger partial charge in [-0.3, -0.25) is 29.6 Å². The maximum Gasteiger partial charge on any atom is 0.433 e. The first-order chi connectivity index (χ1) is 15.7. The zero-order valence-corrected chi connectivity index (χ0v) is 17.9. The fourth-order valence-electron chi connectivity index (χ4n) is 3.46. The number of non-ortho nitro benzene ring substituents is 1. The molecule has 0 N–H and O–H groups in total. The molecule has 1 aliphatic rings. The molecule has 33 heavy (non-hydrogen) atoms. The summed E-state index contributed by atoms with van der Waals surface area (Å²) in [5.74, 6) is -1.13. The summed E-state index contributed by atoms with van der Waals surface area (Å²) in [4.78, 5) is 51.4. The molecule has 0 amide bonds. The molecule has 0 bridgehead atoms. The molecule has 4 rings (SSSR count). The standard InChI is InChI=1S/C20H14N4O8S/c1-10-16(19(26)31-2)17(11-4-3-5-12(8-11)23(27)28)22-18(25)14(33-20(22)21-10)9-13-6-7-15(32-13)24(29)30/h3-9,17H,1-2H3/b14-9-. The highest BCUT2D eigenvalue weighted by Crippen LogP contribution is 2.32. The Morgan fingerprint density at radius 1 is 1.24 bits per heavy atom. The van der Waals surface area contributed by atoms with E-state index in [4.69, 9.17) is 9.15 Å². The Hall–Kier alpha value is -4.39. The number of hydrogen-bond donors (Lipinski definition) is 0. The van der Waals surface area contributed by atoms with Gasteiger partial charge in [0.25, 0.3) is 11.2 Å². The first-order valence-corrected chi connectivity index (χ1v) is 10.1. The molecular formula is C20H14N4O8S. The van der Waals surface area contributed by atoms with Crippen LogP contribution in [0.2, 0.25) is 0 Å². The number of allylic oxidation sites excluding steroid dienone is 1. The quantitative estimate of drug-likeness (QED) is 0.310. The van der Waals surface area contributed by atoms with Crippen LogP contribution >= 0.6 is 11.3 Å². The van der Waals surface area contributed by atoms with E-state index in [1.807, 2.05) is 0 Å². The molecule has 12 nitrogen and oxygen atoms in total. The summed E-state index contributed by atoms with van der Waals surface area (Å²) in [6, 6.07) is 7.07. The van der Waals surface area contributed by atoms with Gasteiger partial charge >= 0.3 is 11.9 Å². The minimum absolute atomic E-state index is 0.0607. The van der Waals surface area contributed by atoms with Crippen molar-refractivity contribution < 1.29 is 23.8 Å². The van der Waals surface area contributed by atoms with E-state index in [1.165, 1.54) is 42.0 Å². The number of nitrogens with zero attached hydrogens (tertiary/aromatic N) is 4. The van der Waals surface area contributed by atoms with E-state index in [9.17, 15) is 29.8 Å². The summed E-state index contributed by atoms with van der Waals surface area (Å²) in [7, 11) is 1.18. The van der Waals surface area contributed by atoms with Gasteiger partial charge in [0.2, 0.25) is 0 Å². The van der Waals surface area contributed by atoms with Gasteiger partial charge < -0.3 is 9.15 Å². The van der Waals surface area contributed by atoms with E-state index in [2.05, 4.69) is 4.99 Å². The number of carbonyl (C=O) groups excluding carboxylic acids is 1. The highest BCUT2D eigenvalue weighted by molar-refractivity contribution is 7.07. The molecule has 3 heterocycles. The van der Waals surface area contributed by atoms with Crippen molar-refractivity contribution in [2.75, 3.05) is 7.11 Å². The first-order valence-electron chi connectivity index (χ1n) is 9.30. The lowest BCUT2D eigenvalue weighted by atomic mass is 9.95. The number of ether oxygens (including phenoxy) is 1. The second kappa shape index (κ2) is 8.27. The molecule has 0 spiro atoms. The van der Waals surface area contributed by atoms with Crippen LogP contribution in [0.1, 0.15) is 24.3 Å². The van der Waals surface area contributed by atoms with Crippen LogP contribution in [0.15, 0.2) is 61.9 Å². The Morgan fingerprint density at radius 2 is 2.00 bits per heavy atom. The molecular weight excluding hydrogens is 456 g/mol. The fourth-order valence-corrected chi connectivity index (χ4v) is 4.49. The number of aromatic nitrogens is 1. The van der Waals surface area contributed by atoms with E-state index in [0.717, 1.165) is 17.4 Å². The molecule has 168 valence electrons. The maximum atomic E-state index is 13.3. The van der Waals surface area contributed by atoms with Crippen LogP contribution in [0.5, 0.6) is 0 Å². The van der Waals surface area contributed by atoms with E-state index in [0.29, 0.717) is 11.3 Å². The smallest absolute Gasteiger partial charge is 0.433 e. The normalized spacial score (nSPS) is 15.7. The number of fused-ring (bicyclic) bond motifs is 1. The largest absolute Gasteiger partial charge is 0.466 e. The van der Waals surface area contributed by atoms with Crippen LogP contribution < -0.4 is 14.9 Å². The van der Waals surface area contributed by atoms with Crippen LogP contribution in [0.25, 0.3) is 6.08 Å². The van der Waals surface area contributed by atoms with Crippen LogP contribution in [0.4, 0.5) is 11.6 Å². The highest BCUT2D eigenvalue weighted by Gasteiger charge is 2.33. The minimum atomic E-state index is -1.03. The van der Waals surface area contributed by atoms with Crippen molar-refractivity contribution in [2.24, 2.45) is 4.99 Å². The summed E-state index contributed by atoms with van der Waals surface area (Å²) >= 11 is 0.987. The van der Waals surface area contributed by atoms with Crippen molar-refractivity contribution in [1.82, 2.24) is 4.57 Å². The highest BCUT2D eigenvalue weighted by atomic mass is 32.1. The van der Waals surface area contributed by atoms with Crippen LogP contribution in [-0.4, -0.2) is 27.5 Å². The Labute approximate surface area is 187 Å². The second-order valence-corrected chi connectivity index (χ2v) is 7.87. The van der Waals surface area contributed by atoms with Gasteiger partial charge in [-0.05, 0) is 18.6 Å². The second-order valence-electron chi connectivity index (χ2n) is 6.86. The first kappa shape index (κ1) is 21.8. The number of hydrogen-bond acceptors (Lipinski definition) is 10. The lowest BCUT2D eigenvalue weighted by Gasteiger charge is -2.24. The summed E-state index contributed by atoms with van der Waals surface area (Å²) in [5.41, 5.74) is -0.0924. The fraction of sp³-hybridized carbons (Fsp3) is 0.150. The van der Waals surface area contributed by atoms with Gasteiger partial charge in [0.15, 0.2) is 4.80 Å². The number of furan rings is 1. The van der Waals surface area contributed by atoms with E-state index in [1.54, 1.807) is 13.0 Å². The number of benzene rings is 1. The molecule has 3 aromatic rings. The third-order valence-corrected chi connectivity index (χ3v) is 5.87. The number of rotatable bonds is 5. The van der Waals surface area contributed by atoms with Gasteiger partial charge in [0.05, 0.1) is 39.9 Å². The zero-order valence-electron chi connectivity index (χ0n) is 17.1. The molecule has 0 fully saturated rings. The van der Waals surface area contributed by atoms with E-state index in [-0.39, 0.29) is 26.4 Å². The summed E-state index contributed by atoms with van der Waals surface area (Å²) in [6.07, 6.45) is 1.33. The lowest BCUT2D eigenvalue weighted by Crippen LogP contribution is -2.39. The number of methoxy groups -OCH3 is 1. The lowest BCUT2D eigenvalue weighted by molar-refractivity contribution is -0.402. The summed E-state index contributed by atoms with van der Waals surface area (Å²) in [6.45, 7) is 1.57. The monoisotopic (exact) mass is 470 g/mol. The van der Waals surface area contributed by atoms with Crippen LogP contribution in [0.3, 0.4) is 0 Å². The SMILES string of the molecule is COC(=O)C1=C(C)N=c2s/c(=C\c3ccc([N+](=O)[O-])o3)c(=O)n2C1c1cccc([N+](=O)[O-])c1. The van der Waals surface area contributed by atoms with Gasteiger partial charge in [-0.1, -0.05) is 23.5 Å². The number of esters is 1. The molecule has 1 atom stereocenters. The Morgan fingerprint density at radius 3 is 2.64 bits per heavy atom.